The third-order valence-electron chi connectivity index (χ3n) is 4.21. The minimum absolute atomic E-state index is 0.255. The Hall–Kier alpha value is -2.38. The molecule has 3 aromatic rings. The lowest BCUT2D eigenvalue weighted by Gasteiger charge is -2.19. The van der Waals surface area contributed by atoms with Crippen molar-refractivity contribution < 1.29 is 9.21 Å². The van der Waals surface area contributed by atoms with E-state index in [1.54, 1.807) is 28.5 Å². The van der Waals surface area contributed by atoms with Crippen LogP contribution in [-0.2, 0) is 5.75 Å². The molecule has 4 rings (SSSR count). The molecule has 0 unspecified atom stereocenters. The number of hydrogen-bond acceptors (Lipinski definition) is 6. The Morgan fingerprint density at radius 1 is 1.22 bits per heavy atom. The topological polar surface area (TPSA) is 57.8 Å². The number of hydrogen-bond donors (Lipinski definition) is 1. The largest absolute Gasteiger partial charge is 0.451 e. The van der Waals surface area contributed by atoms with Gasteiger partial charge in [-0.05, 0) is 18.2 Å². The second-order valence-electron chi connectivity index (χ2n) is 6.03. The number of fused-ring (bicyclic) bond motifs is 1. The monoisotopic (exact) mass is 397 g/mol. The van der Waals surface area contributed by atoms with Crippen LogP contribution in [0.25, 0.3) is 11.0 Å². The van der Waals surface area contributed by atoms with E-state index in [0.29, 0.717) is 11.5 Å². The molecule has 138 valence electrons. The number of anilines is 1. The molecule has 2 heterocycles. The number of carbonyl (C=O) groups excluding carboxylic acids is 1. The molecule has 1 aromatic heterocycles. The summed E-state index contributed by atoms with van der Waals surface area (Å²) in [6.07, 6.45) is 0. The SMILES string of the molecule is CN(NC(=O)c1oc2ccccc2c1CSC1=NCCS1)c1ccccc1. The van der Waals surface area contributed by atoms with Gasteiger partial charge in [-0.1, -0.05) is 59.9 Å². The molecule has 0 spiro atoms. The molecule has 0 fully saturated rings. The molecule has 1 amide bonds. The van der Waals surface area contributed by atoms with Gasteiger partial charge in [-0.25, -0.2) is 0 Å². The van der Waals surface area contributed by atoms with Gasteiger partial charge in [0.15, 0.2) is 5.76 Å². The molecule has 0 atom stereocenters. The molecule has 5 nitrogen and oxygen atoms in total. The van der Waals surface area contributed by atoms with Crippen LogP contribution < -0.4 is 10.4 Å². The summed E-state index contributed by atoms with van der Waals surface area (Å²) in [5.74, 6) is 1.79. The number of nitrogens with one attached hydrogen (secondary N) is 1. The highest BCUT2D eigenvalue weighted by Gasteiger charge is 2.22. The molecular formula is C20H19N3O2S2. The number of amides is 1. The van der Waals surface area contributed by atoms with E-state index in [2.05, 4.69) is 10.4 Å². The third kappa shape index (κ3) is 3.99. The lowest BCUT2D eigenvalue weighted by Crippen LogP contribution is -2.39. The average molecular weight is 398 g/mol. The number of nitrogens with zero attached hydrogens (tertiary/aromatic N) is 2. The first-order valence-electron chi connectivity index (χ1n) is 8.62. The summed E-state index contributed by atoms with van der Waals surface area (Å²) < 4.78 is 6.99. The van der Waals surface area contributed by atoms with Crippen molar-refractivity contribution in [3.8, 4) is 0 Å². The number of carbonyl (C=O) groups is 1. The predicted octanol–water partition coefficient (Wildman–Crippen LogP) is 4.55. The van der Waals surface area contributed by atoms with Crippen molar-refractivity contribution in [2.45, 2.75) is 5.75 Å². The predicted molar refractivity (Wildman–Crippen MR) is 115 cm³/mol. The number of furan rings is 1. The summed E-state index contributed by atoms with van der Waals surface area (Å²) in [6.45, 7) is 0.869. The van der Waals surface area contributed by atoms with E-state index in [0.717, 1.165) is 38.9 Å². The van der Waals surface area contributed by atoms with Gasteiger partial charge in [-0.3, -0.25) is 20.2 Å². The lowest BCUT2D eigenvalue weighted by atomic mass is 10.1. The van der Waals surface area contributed by atoms with Crippen LogP contribution in [0.4, 0.5) is 5.69 Å². The number of rotatable bonds is 5. The van der Waals surface area contributed by atoms with Gasteiger partial charge < -0.3 is 4.42 Å². The normalized spacial score (nSPS) is 13.6. The minimum atomic E-state index is -0.255. The molecule has 0 radical (unpaired) electrons. The van der Waals surface area contributed by atoms with Crippen LogP contribution in [-0.4, -0.2) is 29.6 Å². The van der Waals surface area contributed by atoms with Crippen LogP contribution in [0, 0.1) is 0 Å². The lowest BCUT2D eigenvalue weighted by molar-refractivity contribution is 0.0925. The number of benzene rings is 2. The Bertz CT molecular complexity index is 985. The van der Waals surface area contributed by atoms with Gasteiger partial charge in [0.05, 0.1) is 12.2 Å². The molecular weight excluding hydrogens is 378 g/mol. The van der Waals surface area contributed by atoms with E-state index in [1.165, 1.54) is 0 Å². The second-order valence-corrected chi connectivity index (χ2v) is 8.33. The van der Waals surface area contributed by atoms with Gasteiger partial charge in [0, 0.05) is 29.5 Å². The van der Waals surface area contributed by atoms with E-state index < -0.39 is 0 Å². The highest BCUT2D eigenvalue weighted by molar-refractivity contribution is 8.38. The van der Waals surface area contributed by atoms with E-state index >= 15 is 0 Å². The number of thioether (sulfide) groups is 2. The van der Waals surface area contributed by atoms with Gasteiger partial charge in [0.2, 0.25) is 0 Å². The van der Waals surface area contributed by atoms with Crippen LogP contribution in [0.1, 0.15) is 16.1 Å². The molecule has 0 saturated carbocycles. The van der Waals surface area contributed by atoms with Crippen LogP contribution in [0.5, 0.6) is 0 Å². The van der Waals surface area contributed by atoms with Gasteiger partial charge in [0.1, 0.15) is 9.96 Å². The van der Waals surface area contributed by atoms with Crippen molar-refractivity contribution >= 4 is 50.5 Å². The van der Waals surface area contributed by atoms with E-state index in [1.807, 2.05) is 61.6 Å². The molecule has 0 bridgehead atoms. The summed E-state index contributed by atoms with van der Waals surface area (Å²) in [4.78, 5) is 17.4. The summed E-state index contributed by atoms with van der Waals surface area (Å²) in [5.41, 5.74) is 5.43. The Labute approximate surface area is 166 Å². The highest BCUT2D eigenvalue weighted by Crippen LogP contribution is 2.32. The Balaban J connectivity index is 1.59. The van der Waals surface area contributed by atoms with E-state index in [4.69, 9.17) is 4.42 Å². The molecule has 0 saturated heterocycles. The maximum atomic E-state index is 12.9. The first-order chi connectivity index (χ1) is 13.2. The summed E-state index contributed by atoms with van der Waals surface area (Å²) in [6, 6.07) is 17.4. The number of para-hydroxylation sites is 2. The van der Waals surface area contributed by atoms with Crippen molar-refractivity contribution in [3.05, 3.63) is 65.9 Å². The van der Waals surface area contributed by atoms with Gasteiger partial charge in [-0.15, -0.1) is 0 Å². The maximum absolute atomic E-state index is 12.9. The summed E-state index contributed by atoms with van der Waals surface area (Å²) >= 11 is 3.43. The first kappa shape index (κ1) is 18.0. The van der Waals surface area contributed by atoms with Gasteiger partial charge in [-0.2, -0.15) is 0 Å². The quantitative estimate of drug-likeness (QED) is 0.640. The van der Waals surface area contributed by atoms with Crippen LogP contribution in [0.3, 0.4) is 0 Å². The standard InChI is InChI=1S/C20H19N3O2S2/c1-23(14-7-3-2-4-8-14)22-19(24)18-16(13-27-20-21-11-12-26-20)15-9-5-6-10-17(15)25-18/h2-10H,11-13H2,1H3,(H,22,24). The summed E-state index contributed by atoms with van der Waals surface area (Å²) in [7, 11) is 1.81. The first-order valence-corrected chi connectivity index (χ1v) is 10.6. The Morgan fingerprint density at radius 3 is 2.78 bits per heavy atom. The van der Waals surface area contributed by atoms with E-state index in [-0.39, 0.29) is 5.91 Å². The maximum Gasteiger partial charge on any atom is 0.305 e. The zero-order chi connectivity index (χ0) is 18.6. The minimum Gasteiger partial charge on any atom is -0.451 e. The molecule has 7 heteroatoms. The molecule has 1 N–H and O–H groups in total. The van der Waals surface area contributed by atoms with Gasteiger partial charge in [0.25, 0.3) is 0 Å². The molecule has 0 aliphatic carbocycles. The summed E-state index contributed by atoms with van der Waals surface area (Å²) in [5, 5.41) is 2.67. The Morgan fingerprint density at radius 2 is 2.00 bits per heavy atom. The third-order valence-corrected chi connectivity index (χ3v) is 6.49. The van der Waals surface area contributed by atoms with Crippen molar-refractivity contribution in [1.29, 1.82) is 0 Å². The van der Waals surface area contributed by atoms with Crippen LogP contribution in [0.15, 0.2) is 64.0 Å². The molecule has 1 aliphatic heterocycles. The fourth-order valence-corrected chi connectivity index (χ4v) is 4.92. The van der Waals surface area contributed by atoms with Gasteiger partial charge >= 0.3 is 5.91 Å². The molecule has 2 aromatic carbocycles. The smallest absolute Gasteiger partial charge is 0.305 e. The zero-order valence-corrected chi connectivity index (χ0v) is 16.5. The molecule has 27 heavy (non-hydrogen) atoms. The molecule has 1 aliphatic rings. The van der Waals surface area contributed by atoms with Crippen molar-refractivity contribution in [3.63, 3.8) is 0 Å². The Kier molecular flexibility index (Phi) is 5.40. The van der Waals surface area contributed by atoms with Crippen LogP contribution >= 0.6 is 23.5 Å². The van der Waals surface area contributed by atoms with E-state index in [9.17, 15) is 4.79 Å². The van der Waals surface area contributed by atoms with Crippen molar-refractivity contribution in [2.75, 3.05) is 24.4 Å². The zero-order valence-electron chi connectivity index (χ0n) is 14.8. The highest BCUT2D eigenvalue weighted by atomic mass is 32.2. The number of hydrazine groups is 1. The number of aliphatic imine (C=N–C) groups is 1. The van der Waals surface area contributed by atoms with Crippen molar-refractivity contribution in [1.82, 2.24) is 5.43 Å². The second kappa shape index (κ2) is 8.10. The fourth-order valence-electron chi connectivity index (χ4n) is 2.88. The van der Waals surface area contributed by atoms with Crippen LogP contribution in [0.2, 0.25) is 0 Å². The van der Waals surface area contributed by atoms with Crippen molar-refractivity contribution in [2.24, 2.45) is 4.99 Å². The average Bonchev–Trinajstić information content (AvgIpc) is 3.34. The fraction of sp³-hybridized carbons (Fsp3) is 0.200.